The minimum atomic E-state index is 0.717. The molecule has 1 aliphatic carbocycles. The Morgan fingerprint density at radius 2 is 1.72 bits per heavy atom. The maximum atomic E-state index is 5.27. The van der Waals surface area contributed by atoms with E-state index in [0.29, 0.717) is 5.76 Å². The summed E-state index contributed by atoms with van der Waals surface area (Å²) in [5, 5.41) is 0. The van der Waals surface area contributed by atoms with Gasteiger partial charge in [-0.15, -0.1) is 0 Å². The molecule has 1 heteroatoms. The van der Waals surface area contributed by atoms with Gasteiger partial charge in [-0.3, -0.25) is 0 Å². The van der Waals surface area contributed by atoms with Crippen LogP contribution >= 0.6 is 0 Å². The van der Waals surface area contributed by atoms with Gasteiger partial charge in [0, 0.05) is 0 Å². The maximum Gasteiger partial charge on any atom is 0.126 e. The Morgan fingerprint density at radius 3 is 2.16 bits per heavy atom. The van der Waals surface area contributed by atoms with E-state index in [1.54, 1.807) is 0 Å². The number of allylic oxidation sites excluding steroid dienone is 1. The van der Waals surface area contributed by atoms with E-state index in [9.17, 15) is 0 Å². The molecule has 0 amide bonds. The van der Waals surface area contributed by atoms with Gasteiger partial charge in [-0.05, 0) is 62.5 Å². The van der Waals surface area contributed by atoms with E-state index in [2.05, 4.69) is 34.3 Å². The lowest BCUT2D eigenvalue weighted by Crippen LogP contribution is -2.26. The van der Waals surface area contributed by atoms with Crippen LogP contribution in [-0.2, 0) is 0 Å². The highest BCUT2D eigenvalue weighted by atomic mass is 16.5. The van der Waals surface area contributed by atoms with Gasteiger partial charge in [0.1, 0.15) is 5.75 Å². The monoisotopic (exact) mass is 346 g/mol. The van der Waals surface area contributed by atoms with Gasteiger partial charge in [0.25, 0.3) is 0 Å². The van der Waals surface area contributed by atoms with Crippen molar-refractivity contribution >= 4 is 0 Å². The van der Waals surface area contributed by atoms with Crippen LogP contribution in [0, 0.1) is 30.6 Å². The third kappa shape index (κ3) is 9.72. The SMILES string of the molecule is C=C(C)Oc1ccc(C)cc1.CC.CCC(C)C1CCC(C)CC1C. The van der Waals surface area contributed by atoms with Gasteiger partial charge in [0.15, 0.2) is 0 Å². The molecule has 1 nitrogen and oxygen atoms in total. The molecule has 0 spiro atoms. The van der Waals surface area contributed by atoms with Crippen LogP contribution in [-0.4, -0.2) is 0 Å². The van der Waals surface area contributed by atoms with Gasteiger partial charge in [0.2, 0.25) is 0 Å². The number of hydrogen-bond donors (Lipinski definition) is 0. The highest BCUT2D eigenvalue weighted by Crippen LogP contribution is 2.38. The van der Waals surface area contributed by atoms with Crippen molar-refractivity contribution in [3.63, 3.8) is 0 Å². The van der Waals surface area contributed by atoms with Crippen LogP contribution in [0.25, 0.3) is 0 Å². The Labute approximate surface area is 157 Å². The number of benzene rings is 1. The lowest BCUT2D eigenvalue weighted by molar-refractivity contribution is 0.147. The molecule has 4 atom stereocenters. The first-order chi connectivity index (χ1) is 11.8. The molecule has 0 saturated heterocycles. The normalized spacial score (nSPS) is 23.3. The largest absolute Gasteiger partial charge is 0.463 e. The van der Waals surface area contributed by atoms with E-state index in [1.807, 2.05) is 52.0 Å². The zero-order chi connectivity index (χ0) is 19.4. The summed E-state index contributed by atoms with van der Waals surface area (Å²) in [6.45, 7) is 21.1. The third-order valence-corrected chi connectivity index (χ3v) is 5.19. The van der Waals surface area contributed by atoms with Gasteiger partial charge >= 0.3 is 0 Å². The topological polar surface area (TPSA) is 9.23 Å². The summed E-state index contributed by atoms with van der Waals surface area (Å²) in [6.07, 6.45) is 5.79. The minimum absolute atomic E-state index is 0.717. The summed E-state index contributed by atoms with van der Waals surface area (Å²) in [6, 6.07) is 7.89. The zero-order valence-corrected chi connectivity index (χ0v) is 18.1. The highest BCUT2D eigenvalue weighted by Gasteiger charge is 2.28. The lowest BCUT2D eigenvalue weighted by Gasteiger charge is -2.36. The number of hydrogen-bond acceptors (Lipinski definition) is 1. The van der Waals surface area contributed by atoms with Crippen LogP contribution in [0.15, 0.2) is 36.6 Å². The Morgan fingerprint density at radius 1 is 1.16 bits per heavy atom. The van der Waals surface area contributed by atoms with Crippen LogP contribution in [0.2, 0.25) is 0 Å². The van der Waals surface area contributed by atoms with Crippen molar-refractivity contribution in [2.45, 2.75) is 81.1 Å². The number of ether oxygens (including phenoxy) is 1. The zero-order valence-electron chi connectivity index (χ0n) is 18.1. The summed E-state index contributed by atoms with van der Waals surface area (Å²) in [5.74, 6) is 5.50. The van der Waals surface area contributed by atoms with E-state index in [0.717, 1.165) is 29.4 Å². The van der Waals surface area contributed by atoms with E-state index >= 15 is 0 Å². The molecule has 0 aliphatic heterocycles. The van der Waals surface area contributed by atoms with E-state index < -0.39 is 0 Å². The fourth-order valence-corrected chi connectivity index (χ4v) is 3.64. The summed E-state index contributed by atoms with van der Waals surface area (Å²) in [4.78, 5) is 0. The van der Waals surface area contributed by atoms with Crippen LogP contribution in [0.3, 0.4) is 0 Å². The van der Waals surface area contributed by atoms with Crippen molar-refractivity contribution in [3.8, 4) is 5.75 Å². The van der Waals surface area contributed by atoms with Crippen molar-refractivity contribution in [2.75, 3.05) is 0 Å². The predicted octanol–water partition coefficient (Wildman–Crippen LogP) is 8.04. The molecule has 1 aromatic rings. The molecule has 25 heavy (non-hydrogen) atoms. The smallest absolute Gasteiger partial charge is 0.126 e. The molecular weight excluding hydrogens is 304 g/mol. The van der Waals surface area contributed by atoms with Crippen LogP contribution in [0.1, 0.15) is 79.7 Å². The standard InChI is InChI=1S/C12H24.C10H12O.C2H6/c1-5-10(3)12-7-6-9(2)8-11(12)4;1-8(2)11-10-6-4-9(3)5-7-10;1-2/h9-12H,5-8H2,1-4H3;4-7H,1H2,2-3H3;1-2H3. The molecular formula is C24H42O. The molecule has 4 unspecified atom stereocenters. The van der Waals surface area contributed by atoms with Gasteiger partial charge in [-0.25, -0.2) is 0 Å². The second kappa shape index (κ2) is 13.0. The fourth-order valence-electron chi connectivity index (χ4n) is 3.64. The van der Waals surface area contributed by atoms with Crippen molar-refractivity contribution in [3.05, 3.63) is 42.2 Å². The molecule has 1 fully saturated rings. The van der Waals surface area contributed by atoms with Crippen LogP contribution in [0.5, 0.6) is 5.75 Å². The van der Waals surface area contributed by atoms with Crippen LogP contribution in [0.4, 0.5) is 0 Å². The van der Waals surface area contributed by atoms with Gasteiger partial charge in [-0.2, -0.15) is 0 Å². The Balaban J connectivity index is 0.000000421. The molecule has 0 N–H and O–H groups in total. The van der Waals surface area contributed by atoms with Crippen LogP contribution < -0.4 is 4.74 Å². The first kappa shape index (κ1) is 23.8. The van der Waals surface area contributed by atoms with E-state index in [-0.39, 0.29) is 0 Å². The summed E-state index contributed by atoms with van der Waals surface area (Å²) >= 11 is 0. The molecule has 2 rings (SSSR count). The molecule has 0 radical (unpaired) electrons. The molecule has 0 bridgehead atoms. The average molecular weight is 347 g/mol. The van der Waals surface area contributed by atoms with Gasteiger partial charge in [-0.1, -0.05) is 78.7 Å². The second-order valence-electron chi connectivity index (χ2n) is 7.56. The Bertz CT molecular complexity index is 459. The molecule has 0 heterocycles. The Hall–Kier alpha value is -1.24. The number of rotatable bonds is 4. The van der Waals surface area contributed by atoms with E-state index in [4.69, 9.17) is 4.74 Å². The molecule has 0 aromatic heterocycles. The van der Waals surface area contributed by atoms with E-state index in [1.165, 1.54) is 31.2 Å². The molecule has 1 saturated carbocycles. The Kier molecular flexibility index (Phi) is 12.4. The summed E-state index contributed by atoms with van der Waals surface area (Å²) in [7, 11) is 0. The minimum Gasteiger partial charge on any atom is -0.463 e. The first-order valence-electron chi connectivity index (χ1n) is 10.2. The van der Waals surface area contributed by atoms with Crippen molar-refractivity contribution in [2.24, 2.45) is 23.7 Å². The third-order valence-electron chi connectivity index (χ3n) is 5.19. The van der Waals surface area contributed by atoms with Crippen molar-refractivity contribution < 1.29 is 4.74 Å². The molecule has 1 aliphatic rings. The summed E-state index contributed by atoms with van der Waals surface area (Å²) in [5.41, 5.74) is 1.24. The molecule has 144 valence electrons. The fraction of sp³-hybridized carbons (Fsp3) is 0.667. The maximum absolute atomic E-state index is 5.27. The predicted molar refractivity (Wildman–Crippen MR) is 113 cm³/mol. The summed E-state index contributed by atoms with van der Waals surface area (Å²) < 4.78 is 5.27. The second-order valence-corrected chi connectivity index (χ2v) is 7.56. The van der Waals surface area contributed by atoms with Gasteiger partial charge in [0.05, 0.1) is 5.76 Å². The van der Waals surface area contributed by atoms with Crippen molar-refractivity contribution in [1.82, 2.24) is 0 Å². The average Bonchev–Trinajstić information content (AvgIpc) is 2.58. The quantitative estimate of drug-likeness (QED) is 0.501. The van der Waals surface area contributed by atoms with Crippen molar-refractivity contribution in [1.29, 1.82) is 0 Å². The first-order valence-corrected chi connectivity index (χ1v) is 10.2. The highest BCUT2D eigenvalue weighted by molar-refractivity contribution is 5.27. The number of aryl methyl sites for hydroxylation is 1. The molecule has 1 aromatic carbocycles. The van der Waals surface area contributed by atoms with Gasteiger partial charge < -0.3 is 4.74 Å². The lowest BCUT2D eigenvalue weighted by atomic mass is 9.70.